The van der Waals surface area contributed by atoms with Gasteiger partial charge < -0.3 is 9.15 Å². The topological polar surface area (TPSA) is 91.8 Å². The van der Waals surface area contributed by atoms with Crippen LogP contribution in [0.25, 0.3) is 17.1 Å². The van der Waals surface area contributed by atoms with Gasteiger partial charge in [0.05, 0.1) is 5.69 Å². The Morgan fingerprint density at radius 3 is 2.52 bits per heavy atom. The van der Waals surface area contributed by atoms with Crippen molar-refractivity contribution in [3.05, 3.63) is 66.8 Å². The predicted molar refractivity (Wildman–Crippen MR) is 87.9 cm³/mol. The van der Waals surface area contributed by atoms with Crippen molar-refractivity contribution < 1.29 is 9.15 Å². The van der Waals surface area contributed by atoms with Gasteiger partial charge in [-0.2, -0.15) is 0 Å². The summed E-state index contributed by atoms with van der Waals surface area (Å²) in [7, 11) is 0. The number of nitrogens with zero attached hydrogens (tertiary/aromatic N) is 6. The molecule has 0 saturated carbocycles. The highest BCUT2D eigenvalue weighted by molar-refractivity contribution is 5.51. The average molecular weight is 334 g/mol. The summed E-state index contributed by atoms with van der Waals surface area (Å²) in [5.74, 6) is 1.58. The molecule has 0 aliphatic heterocycles. The molecule has 2 aromatic heterocycles. The van der Waals surface area contributed by atoms with E-state index in [-0.39, 0.29) is 6.10 Å². The third-order valence-corrected chi connectivity index (χ3v) is 3.57. The lowest BCUT2D eigenvalue weighted by molar-refractivity contribution is 0.189. The molecule has 0 amide bonds. The molecule has 1 atom stereocenters. The molecule has 0 bridgehead atoms. The summed E-state index contributed by atoms with van der Waals surface area (Å²) < 4.78 is 13.1. The van der Waals surface area contributed by atoms with E-state index in [1.54, 1.807) is 4.68 Å². The maximum Gasteiger partial charge on any atom is 0.257 e. The van der Waals surface area contributed by atoms with Crippen molar-refractivity contribution in [2.45, 2.75) is 13.0 Å². The Labute approximate surface area is 143 Å². The fourth-order valence-electron chi connectivity index (χ4n) is 2.31. The van der Waals surface area contributed by atoms with Crippen LogP contribution < -0.4 is 4.74 Å². The Morgan fingerprint density at radius 1 is 1.00 bits per heavy atom. The first-order valence-corrected chi connectivity index (χ1v) is 7.68. The Bertz CT molecular complexity index is 935. The highest BCUT2D eigenvalue weighted by Crippen LogP contribution is 2.24. The van der Waals surface area contributed by atoms with E-state index in [2.05, 4.69) is 25.7 Å². The monoisotopic (exact) mass is 334 g/mol. The lowest BCUT2D eigenvalue weighted by atomic mass is 10.2. The molecule has 2 aromatic carbocycles. The number of benzene rings is 2. The summed E-state index contributed by atoms with van der Waals surface area (Å²) >= 11 is 0. The zero-order valence-electron chi connectivity index (χ0n) is 13.4. The highest BCUT2D eigenvalue weighted by Gasteiger charge is 2.16. The second-order valence-corrected chi connectivity index (χ2v) is 5.32. The van der Waals surface area contributed by atoms with E-state index in [9.17, 15) is 0 Å². The van der Waals surface area contributed by atoms with Crippen molar-refractivity contribution in [3.63, 3.8) is 0 Å². The van der Waals surface area contributed by atoms with E-state index >= 15 is 0 Å². The molecule has 124 valence electrons. The fraction of sp³-hybridized carbons (Fsp3) is 0.118. The van der Waals surface area contributed by atoms with Crippen LogP contribution in [0.3, 0.4) is 0 Å². The van der Waals surface area contributed by atoms with Crippen LogP contribution >= 0.6 is 0 Å². The van der Waals surface area contributed by atoms with Crippen molar-refractivity contribution >= 4 is 0 Å². The minimum absolute atomic E-state index is 0.371. The number of tetrazole rings is 1. The summed E-state index contributed by atoms with van der Waals surface area (Å²) in [6.07, 6.45) is 1.16. The van der Waals surface area contributed by atoms with Crippen molar-refractivity contribution in [1.82, 2.24) is 30.4 Å². The molecule has 0 spiro atoms. The number of rotatable bonds is 5. The van der Waals surface area contributed by atoms with Gasteiger partial charge in [0.1, 0.15) is 12.1 Å². The predicted octanol–water partition coefficient (Wildman–Crippen LogP) is 2.85. The first kappa shape index (κ1) is 15.0. The van der Waals surface area contributed by atoms with E-state index < -0.39 is 0 Å². The molecule has 25 heavy (non-hydrogen) atoms. The minimum atomic E-state index is -0.371. The lowest BCUT2D eigenvalue weighted by Crippen LogP contribution is -2.04. The molecule has 4 rings (SSSR count). The van der Waals surface area contributed by atoms with Gasteiger partial charge in [-0.1, -0.05) is 18.2 Å². The minimum Gasteiger partial charge on any atom is -0.481 e. The molecule has 8 heteroatoms. The molecule has 4 aromatic rings. The van der Waals surface area contributed by atoms with Gasteiger partial charge in [-0.25, -0.2) is 4.68 Å². The van der Waals surface area contributed by atoms with Crippen LogP contribution in [-0.4, -0.2) is 30.4 Å². The summed E-state index contributed by atoms with van der Waals surface area (Å²) in [4.78, 5) is 0. The van der Waals surface area contributed by atoms with Crippen molar-refractivity contribution in [3.8, 4) is 22.9 Å². The van der Waals surface area contributed by atoms with Crippen molar-refractivity contribution in [2.75, 3.05) is 0 Å². The normalized spacial score (nSPS) is 12.0. The third kappa shape index (κ3) is 3.23. The van der Waals surface area contributed by atoms with Crippen LogP contribution in [0.1, 0.15) is 18.9 Å². The quantitative estimate of drug-likeness (QED) is 0.554. The van der Waals surface area contributed by atoms with Crippen molar-refractivity contribution in [1.29, 1.82) is 0 Å². The lowest BCUT2D eigenvalue weighted by Gasteiger charge is -2.11. The molecule has 0 unspecified atom stereocenters. The van der Waals surface area contributed by atoms with Crippen LogP contribution in [0.5, 0.6) is 5.75 Å². The maximum atomic E-state index is 5.86. The molecule has 8 nitrogen and oxygen atoms in total. The zero-order chi connectivity index (χ0) is 17.1. The Hall–Kier alpha value is -3.55. The largest absolute Gasteiger partial charge is 0.481 e. The second kappa shape index (κ2) is 6.52. The zero-order valence-corrected chi connectivity index (χ0v) is 13.4. The van der Waals surface area contributed by atoms with E-state index in [0.29, 0.717) is 17.5 Å². The summed E-state index contributed by atoms with van der Waals surface area (Å²) in [5, 5.41) is 19.2. The van der Waals surface area contributed by atoms with Gasteiger partial charge in [-0.3, -0.25) is 0 Å². The van der Waals surface area contributed by atoms with Crippen LogP contribution in [0, 0.1) is 0 Å². The van der Waals surface area contributed by atoms with Crippen LogP contribution in [0.2, 0.25) is 0 Å². The first-order valence-electron chi connectivity index (χ1n) is 7.68. The van der Waals surface area contributed by atoms with Gasteiger partial charge in [0.2, 0.25) is 5.89 Å². The molecule has 0 fully saturated rings. The summed E-state index contributed by atoms with van der Waals surface area (Å²) in [6.45, 7) is 1.86. The van der Waals surface area contributed by atoms with Gasteiger partial charge in [-0.15, -0.1) is 15.3 Å². The SMILES string of the molecule is C[C@@H](Oc1ccc(-n2cnnn2)cc1)c1nnc(-c2ccccc2)o1. The second-order valence-electron chi connectivity index (χ2n) is 5.32. The molecule has 0 aliphatic carbocycles. The van der Waals surface area contributed by atoms with Crippen LogP contribution in [0.4, 0.5) is 0 Å². The summed E-state index contributed by atoms with van der Waals surface area (Å²) in [5.41, 5.74) is 1.72. The third-order valence-electron chi connectivity index (χ3n) is 3.57. The van der Waals surface area contributed by atoms with E-state index in [0.717, 1.165) is 11.3 Å². The van der Waals surface area contributed by atoms with E-state index in [1.165, 1.54) is 6.33 Å². The summed E-state index contributed by atoms with van der Waals surface area (Å²) in [6, 6.07) is 17.0. The van der Waals surface area contributed by atoms with Crippen molar-refractivity contribution in [2.24, 2.45) is 0 Å². The molecule has 0 radical (unpaired) electrons. The Morgan fingerprint density at radius 2 is 1.80 bits per heavy atom. The van der Waals surface area contributed by atoms with Gasteiger partial charge >= 0.3 is 0 Å². The molecular formula is C17H14N6O2. The smallest absolute Gasteiger partial charge is 0.257 e. The number of hydrogen-bond acceptors (Lipinski definition) is 7. The Kier molecular flexibility index (Phi) is 3.91. The highest BCUT2D eigenvalue weighted by atomic mass is 16.5. The average Bonchev–Trinajstić information content (AvgIpc) is 3.35. The van der Waals surface area contributed by atoms with Crippen LogP contribution in [0.15, 0.2) is 65.3 Å². The fourth-order valence-corrected chi connectivity index (χ4v) is 2.31. The van der Waals surface area contributed by atoms with E-state index in [4.69, 9.17) is 9.15 Å². The Balaban J connectivity index is 1.47. The van der Waals surface area contributed by atoms with Crippen LogP contribution in [-0.2, 0) is 0 Å². The number of aromatic nitrogens is 6. The van der Waals surface area contributed by atoms with Gasteiger partial charge in [-0.05, 0) is 53.7 Å². The molecule has 0 aliphatic rings. The van der Waals surface area contributed by atoms with Gasteiger partial charge in [0, 0.05) is 5.56 Å². The molecule has 0 N–H and O–H groups in total. The molecule has 2 heterocycles. The van der Waals surface area contributed by atoms with Gasteiger partial charge in [0.15, 0.2) is 6.10 Å². The van der Waals surface area contributed by atoms with Gasteiger partial charge in [0.25, 0.3) is 5.89 Å². The standard InChI is InChI=1S/C17H14N6O2/c1-12(16-19-20-17(25-16)13-5-3-2-4-6-13)24-15-9-7-14(8-10-15)23-11-18-21-22-23/h2-12H,1H3/t12-/m1/s1. The first-order chi connectivity index (χ1) is 12.3. The maximum absolute atomic E-state index is 5.86. The molecular weight excluding hydrogens is 320 g/mol. The molecule has 0 saturated heterocycles. The number of hydrogen-bond donors (Lipinski definition) is 0. The number of ether oxygens (including phenoxy) is 1. The van der Waals surface area contributed by atoms with E-state index in [1.807, 2.05) is 61.5 Å².